The monoisotopic (exact) mass is 190 g/mol. The first kappa shape index (κ1) is 8.27. The lowest BCUT2D eigenvalue weighted by atomic mass is 10.3. The molecular formula is C4H6BrF3. The zero-order valence-corrected chi connectivity index (χ0v) is 5.88. The predicted octanol–water partition coefficient (Wildman–Crippen LogP) is 2.72. The van der Waals surface area contributed by atoms with Gasteiger partial charge >= 0.3 is 6.18 Å². The molecule has 1 unspecified atom stereocenters. The summed E-state index contributed by atoms with van der Waals surface area (Å²) in [5.74, 6) is 0. The predicted molar refractivity (Wildman–Crippen MR) is 29.1 cm³/mol. The first-order chi connectivity index (χ1) is 3.42. The zero-order valence-electron chi connectivity index (χ0n) is 4.30. The van der Waals surface area contributed by atoms with E-state index < -0.39 is 17.4 Å². The van der Waals surface area contributed by atoms with Crippen molar-refractivity contribution < 1.29 is 13.2 Å². The van der Waals surface area contributed by atoms with Gasteiger partial charge in [0.2, 0.25) is 0 Å². The molecule has 50 valence electrons. The molecule has 1 atom stereocenters. The fourth-order valence-corrected chi connectivity index (χ4v) is 0.686. The third-order valence-electron chi connectivity index (χ3n) is 0.513. The Morgan fingerprint density at radius 1 is 1.50 bits per heavy atom. The molecule has 0 rings (SSSR count). The molecule has 0 aromatic carbocycles. The third kappa shape index (κ3) is 6.27. The average molecular weight is 191 g/mol. The summed E-state index contributed by atoms with van der Waals surface area (Å²) < 4.78 is 33.8. The Morgan fingerprint density at radius 2 is 1.88 bits per heavy atom. The van der Waals surface area contributed by atoms with E-state index in [0.29, 0.717) is 0 Å². The van der Waals surface area contributed by atoms with E-state index in [9.17, 15) is 13.2 Å². The van der Waals surface area contributed by atoms with Crippen molar-refractivity contribution in [3.8, 4) is 0 Å². The van der Waals surface area contributed by atoms with Crippen molar-refractivity contribution in [2.45, 2.75) is 24.3 Å². The minimum Gasteiger partial charge on any atom is -0.171 e. The summed E-state index contributed by atoms with van der Waals surface area (Å²) in [6.45, 7) is 1.47. The average Bonchev–Trinajstić information content (AvgIpc) is 1.21. The van der Waals surface area contributed by atoms with Gasteiger partial charge in [-0.2, -0.15) is 13.2 Å². The molecule has 0 bridgehead atoms. The van der Waals surface area contributed by atoms with Crippen LogP contribution in [0.4, 0.5) is 13.2 Å². The third-order valence-corrected chi connectivity index (χ3v) is 0.836. The second kappa shape index (κ2) is 2.71. The van der Waals surface area contributed by atoms with E-state index in [1.165, 1.54) is 6.92 Å². The molecule has 0 amide bonds. The molecular weight excluding hydrogens is 185 g/mol. The minimum absolute atomic E-state index is 0.470. The van der Waals surface area contributed by atoms with Gasteiger partial charge < -0.3 is 0 Å². The highest BCUT2D eigenvalue weighted by Crippen LogP contribution is 2.24. The highest BCUT2D eigenvalue weighted by Gasteiger charge is 2.28. The summed E-state index contributed by atoms with van der Waals surface area (Å²) in [6, 6.07) is 0. The first-order valence-corrected chi connectivity index (χ1v) is 3.04. The summed E-state index contributed by atoms with van der Waals surface area (Å²) in [5, 5.41) is 0. The van der Waals surface area contributed by atoms with E-state index in [1.807, 2.05) is 0 Å². The van der Waals surface area contributed by atoms with Crippen LogP contribution < -0.4 is 0 Å². The fraction of sp³-hybridized carbons (Fsp3) is 1.00. The Hall–Kier alpha value is 0.270. The van der Waals surface area contributed by atoms with Crippen molar-refractivity contribution in [1.82, 2.24) is 0 Å². The Bertz CT molecular complexity index is 66.2. The smallest absolute Gasteiger partial charge is 0.171 e. The van der Waals surface area contributed by atoms with Gasteiger partial charge in [0.05, 0.1) is 6.42 Å². The van der Waals surface area contributed by atoms with Crippen molar-refractivity contribution >= 4 is 15.9 Å². The summed E-state index contributed by atoms with van der Waals surface area (Å²) in [5.41, 5.74) is 0. The first-order valence-electron chi connectivity index (χ1n) is 2.12. The van der Waals surface area contributed by atoms with Crippen LogP contribution in [0.1, 0.15) is 13.3 Å². The molecule has 0 aromatic heterocycles. The quantitative estimate of drug-likeness (QED) is 0.559. The summed E-state index contributed by atoms with van der Waals surface area (Å²) in [7, 11) is 0. The lowest BCUT2D eigenvalue weighted by molar-refractivity contribution is -0.133. The van der Waals surface area contributed by atoms with Crippen LogP contribution in [0.3, 0.4) is 0 Å². The van der Waals surface area contributed by atoms with E-state index in [1.54, 1.807) is 0 Å². The molecule has 0 nitrogen and oxygen atoms in total. The van der Waals surface area contributed by atoms with Crippen molar-refractivity contribution in [1.29, 1.82) is 0 Å². The van der Waals surface area contributed by atoms with Gasteiger partial charge in [0, 0.05) is 4.83 Å². The highest BCUT2D eigenvalue weighted by atomic mass is 79.9. The Balaban J connectivity index is 3.39. The van der Waals surface area contributed by atoms with Crippen LogP contribution in [0.5, 0.6) is 0 Å². The normalized spacial score (nSPS) is 16.1. The van der Waals surface area contributed by atoms with Crippen LogP contribution in [0, 0.1) is 0 Å². The minimum atomic E-state index is -4.02. The largest absolute Gasteiger partial charge is 0.390 e. The molecule has 0 fully saturated rings. The number of alkyl halides is 4. The van der Waals surface area contributed by atoms with E-state index in [4.69, 9.17) is 0 Å². The maximum Gasteiger partial charge on any atom is 0.390 e. The maximum absolute atomic E-state index is 11.3. The lowest BCUT2D eigenvalue weighted by Crippen LogP contribution is -2.11. The molecule has 8 heavy (non-hydrogen) atoms. The van der Waals surface area contributed by atoms with Crippen LogP contribution in [0.25, 0.3) is 0 Å². The van der Waals surface area contributed by atoms with Gasteiger partial charge in [0.1, 0.15) is 0 Å². The number of halogens is 4. The van der Waals surface area contributed by atoms with Crippen LogP contribution in [0.2, 0.25) is 0 Å². The zero-order chi connectivity index (χ0) is 6.78. The van der Waals surface area contributed by atoms with Gasteiger partial charge in [0.25, 0.3) is 0 Å². The van der Waals surface area contributed by atoms with E-state index >= 15 is 0 Å². The van der Waals surface area contributed by atoms with E-state index in [0.717, 1.165) is 0 Å². The number of rotatable bonds is 1. The molecule has 0 aromatic rings. The highest BCUT2D eigenvalue weighted by molar-refractivity contribution is 9.09. The second-order valence-corrected chi connectivity index (χ2v) is 3.16. The van der Waals surface area contributed by atoms with Crippen LogP contribution >= 0.6 is 15.9 Å². The number of hydrogen-bond donors (Lipinski definition) is 0. The summed E-state index contributed by atoms with van der Waals surface area (Å²) in [6.07, 6.45) is -4.78. The van der Waals surface area contributed by atoms with Gasteiger partial charge in [-0.1, -0.05) is 22.9 Å². The standard InChI is InChI=1S/C4H6BrF3/c1-3(5)2-4(6,7)8/h3H,2H2,1H3. The van der Waals surface area contributed by atoms with Gasteiger partial charge in [-0.15, -0.1) is 0 Å². The van der Waals surface area contributed by atoms with Crippen LogP contribution in [-0.4, -0.2) is 11.0 Å². The van der Waals surface area contributed by atoms with E-state index in [-0.39, 0.29) is 0 Å². The lowest BCUT2D eigenvalue weighted by Gasteiger charge is -2.05. The van der Waals surface area contributed by atoms with Gasteiger partial charge in [0.15, 0.2) is 0 Å². The van der Waals surface area contributed by atoms with Crippen LogP contribution in [0.15, 0.2) is 0 Å². The van der Waals surface area contributed by atoms with Gasteiger partial charge in [-0.3, -0.25) is 0 Å². The topological polar surface area (TPSA) is 0 Å². The molecule has 0 spiro atoms. The second-order valence-electron chi connectivity index (χ2n) is 1.60. The molecule has 4 heteroatoms. The molecule has 0 saturated carbocycles. The van der Waals surface area contributed by atoms with Gasteiger partial charge in [-0.05, 0) is 0 Å². The van der Waals surface area contributed by atoms with Crippen LogP contribution in [-0.2, 0) is 0 Å². The molecule has 0 heterocycles. The molecule has 0 aliphatic carbocycles. The van der Waals surface area contributed by atoms with Crippen molar-refractivity contribution in [3.05, 3.63) is 0 Å². The van der Waals surface area contributed by atoms with Gasteiger partial charge in [-0.25, -0.2) is 0 Å². The summed E-state index contributed by atoms with van der Waals surface area (Å²) in [4.78, 5) is -0.470. The van der Waals surface area contributed by atoms with Crippen molar-refractivity contribution in [2.75, 3.05) is 0 Å². The molecule has 0 N–H and O–H groups in total. The molecule has 0 radical (unpaired) electrons. The molecule has 0 saturated heterocycles. The Morgan fingerprint density at radius 3 is 1.88 bits per heavy atom. The Labute approximate surface area is 54.2 Å². The SMILES string of the molecule is CC(Br)CC(F)(F)F. The Kier molecular flexibility index (Phi) is 2.80. The summed E-state index contributed by atoms with van der Waals surface area (Å²) >= 11 is 2.79. The van der Waals surface area contributed by atoms with Crippen molar-refractivity contribution in [2.24, 2.45) is 0 Å². The van der Waals surface area contributed by atoms with Crippen molar-refractivity contribution in [3.63, 3.8) is 0 Å². The van der Waals surface area contributed by atoms with E-state index in [2.05, 4.69) is 15.9 Å². The fourth-order valence-electron chi connectivity index (χ4n) is 0.319. The molecule has 0 aliphatic heterocycles. The maximum atomic E-state index is 11.3. The molecule has 0 aliphatic rings. The number of hydrogen-bond acceptors (Lipinski definition) is 0.